The zero-order chi connectivity index (χ0) is 15.0. The normalized spacial score (nSPS) is 21.2. The summed E-state index contributed by atoms with van der Waals surface area (Å²) in [5, 5.41) is 6.63. The van der Waals surface area contributed by atoms with E-state index in [9.17, 15) is 4.79 Å². The van der Waals surface area contributed by atoms with E-state index in [0.29, 0.717) is 12.1 Å². The first-order chi connectivity index (χ1) is 9.56. The molecule has 0 bridgehead atoms. The number of hydrogen-bond acceptors (Lipinski definition) is 3. The Morgan fingerprint density at radius 3 is 2.65 bits per heavy atom. The van der Waals surface area contributed by atoms with Crippen LogP contribution in [-0.4, -0.2) is 48.6 Å². The molecule has 0 aromatic heterocycles. The minimum Gasteiger partial charge on any atom is -0.355 e. The monoisotopic (exact) mass is 283 g/mol. The zero-order valence-corrected chi connectivity index (χ0v) is 13.7. The summed E-state index contributed by atoms with van der Waals surface area (Å²) in [6, 6.07) is 0.887. The largest absolute Gasteiger partial charge is 0.355 e. The molecule has 1 rings (SSSR count). The van der Waals surface area contributed by atoms with Crippen LogP contribution in [0.15, 0.2) is 0 Å². The first kappa shape index (κ1) is 17.4. The third-order valence-corrected chi connectivity index (χ3v) is 4.21. The van der Waals surface area contributed by atoms with Gasteiger partial charge in [-0.1, -0.05) is 19.8 Å². The van der Waals surface area contributed by atoms with Gasteiger partial charge in [0, 0.05) is 25.2 Å². The molecule has 0 aliphatic carbocycles. The van der Waals surface area contributed by atoms with Crippen LogP contribution in [0.3, 0.4) is 0 Å². The maximum Gasteiger partial charge on any atom is 0.237 e. The first-order valence-electron chi connectivity index (χ1n) is 8.33. The molecule has 2 N–H and O–H groups in total. The van der Waals surface area contributed by atoms with Crippen LogP contribution >= 0.6 is 0 Å². The lowest BCUT2D eigenvalue weighted by molar-refractivity contribution is -0.126. The summed E-state index contributed by atoms with van der Waals surface area (Å²) in [5.41, 5.74) is 0. The topological polar surface area (TPSA) is 44.4 Å². The van der Waals surface area contributed by atoms with Crippen molar-refractivity contribution in [1.82, 2.24) is 15.5 Å². The van der Waals surface area contributed by atoms with E-state index in [1.807, 2.05) is 6.92 Å². The fraction of sp³-hybridized carbons (Fsp3) is 0.938. The summed E-state index contributed by atoms with van der Waals surface area (Å²) in [6.07, 6.45) is 6.00. The predicted octanol–water partition coefficient (Wildman–Crippen LogP) is 2.14. The van der Waals surface area contributed by atoms with Gasteiger partial charge in [-0.25, -0.2) is 0 Å². The second kappa shape index (κ2) is 9.35. The first-order valence-corrected chi connectivity index (χ1v) is 8.33. The van der Waals surface area contributed by atoms with Crippen LogP contribution in [0, 0.1) is 0 Å². The predicted molar refractivity (Wildman–Crippen MR) is 84.9 cm³/mol. The summed E-state index contributed by atoms with van der Waals surface area (Å²) >= 11 is 0. The number of carbonyl (C=O) groups is 1. The average Bonchev–Trinajstić information content (AvgIpc) is 2.45. The van der Waals surface area contributed by atoms with Crippen LogP contribution in [0.4, 0.5) is 0 Å². The molecule has 1 fully saturated rings. The van der Waals surface area contributed by atoms with Gasteiger partial charge in [0.25, 0.3) is 0 Å². The average molecular weight is 283 g/mol. The van der Waals surface area contributed by atoms with Gasteiger partial charge in [0.1, 0.15) is 0 Å². The van der Waals surface area contributed by atoms with Gasteiger partial charge in [-0.3, -0.25) is 9.69 Å². The molecule has 4 nitrogen and oxygen atoms in total. The highest BCUT2D eigenvalue weighted by molar-refractivity contribution is 5.81. The smallest absolute Gasteiger partial charge is 0.237 e. The minimum atomic E-state index is -0.0458. The summed E-state index contributed by atoms with van der Waals surface area (Å²) < 4.78 is 0. The van der Waals surface area contributed by atoms with Crippen molar-refractivity contribution in [3.63, 3.8) is 0 Å². The summed E-state index contributed by atoms with van der Waals surface area (Å²) in [4.78, 5) is 14.6. The number of nitrogens with one attached hydrogen (secondary N) is 2. The van der Waals surface area contributed by atoms with Crippen molar-refractivity contribution in [2.24, 2.45) is 0 Å². The summed E-state index contributed by atoms with van der Waals surface area (Å²) in [5.74, 6) is 0.169. The SMILES string of the molecule is CCCCNC(=O)C(C)N(CC1CCCCN1)C(C)C. The van der Waals surface area contributed by atoms with Gasteiger partial charge in [-0.15, -0.1) is 0 Å². The lowest BCUT2D eigenvalue weighted by Crippen LogP contribution is -2.53. The Morgan fingerprint density at radius 1 is 1.35 bits per heavy atom. The molecular weight excluding hydrogens is 250 g/mol. The quantitative estimate of drug-likeness (QED) is 0.671. The highest BCUT2D eigenvalue weighted by atomic mass is 16.2. The molecule has 0 spiro atoms. The highest BCUT2D eigenvalue weighted by Gasteiger charge is 2.26. The molecular formula is C16H33N3O. The number of carbonyl (C=O) groups excluding carboxylic acids is 1. The molecule has 1 aliphatic rings. The van der Waals surface area contributed by atoms with Crippen molar-refractivity contribution >= 4 is 5.91 Å². The molecule has 20 heavy (non-hydrogen) atoms. The van der Waals surface area contributed by atoms with Gasteiger partial charge in [0.2, 0.25) is 5.91 Å². The van der Waals surface area contributed by atoms with Crippen LogP contribution < -0.4 is 10.6 Å². The Labute approximate surface area is 124 Å². The summed E-state index contributed by atoms with van der Waals surface area (Å²) in [7, 11) is 0. The van der Waals surface area contributed by atoms with Gasteiger partial charge in [0.05, 0.1) is 6.04 Å². The molecule has 1 saturated heterocycles. The van der Waals surface area contributed by atoms with Crippen molar-refractivity contribution in [1.29, 1.82) is 0 Å². The van der Waals surface area contributed by atoms with Crippen LogP contribution in [0.2, 0.25) is 0 Å². The Hall–Kier alpha value is -0.610. The molecule has 118 valence electrons. The van der Waals surface area contributed by atoms with E-state index in [1.165, 1.54) is 19.3 Å². The molecule has 1 amide bonds. The molecule has 0 saturated carbocycles. The van der Waals surface area contributed by atoms with Gasteiger partial charge in [-0.05, 0) is 46.6 Å². The van der Waals surface area contributed by atoms with E-state index in [4.69, 9.17) is 0 Å². The van der Waals surface area contributed by atoms with E-state index < -0.39 is 0 Å². The van der Waals surface area contributed by atoms with Gasteiger partial charge >= 0.3 is 0 Å². The Morgan fingerprint density at radius 2 is 2.10 bits per heavy atom. The lowest BCUT2D eigenvalue weighted by Gasteiger charge is -2.36. The molecule has 0 aromatic rings. The number of unbranched alkanes of at least 4 members (excludes halogenated alkanes) is 1. The van der Waals surface area contributed by atoms with Crippen molar-refractivity contribution in [3.05, 3.63) is 0 Å². The van der Waals surface area contributed by atoms with Gasteiger partial charge in [0.15, 0.2) is 0 Å². The fourth-order valence-corrected chi connectivity index (χ4v) is 2.84. The third kappa shape index (κ3) is 5.80. The summed E-state index contributed by atoms with van der Waals surface area (Å²) in [6.45, 7) is 11.4. The van der Waals surface area contributed by atoms with Gasteiger partial charge in [-0.2, -0.15) is 0 Å². The van der Waals surface area contributed by atoms with Crippen LogP contribution in [0.1, 0.15) is 59.8 Å². The molecule has 4 heteroatoms. The molecule has 2 atom stereocenters. The number of rotatable bonds is 8. The number of hydrogen-bond donors (Lipinski definition) is 2. The Bertz CT molecular complexity index is 275. The van der Waals surface area contributed by atoms with Crippen molar-refractivity contribution < 1.29 is 4.79 Å². The third-order valence-electron chi connectivity index (χ3n) is 4.21. The lowest BCUT2D eigenvalue weighted by atomic mass is 10.0. The molecule has 0 aromatic carbocycles. The molecule has 2 unspecified atom stereocenters. The van der Waals surface area contributed by atoms with Crippen LogP contribution in [-0.2, 0) is 4.79 Å². The van der Waals surface area contributed by atoms with E-state index in [2.05, 4.69) is 36.3 Å². The second-order valence-electron chi connectivity index (χ2n) is 6.26. The molecule has 0 radical (unpaired) electrons. The zero-order valence-electron chi connectivity index (χ0n) is 13.7. The number of amides is 1. The minimum absolute atomic E-state index is 0.0458. The standard InChI is InChI=1S/C16H33N3O/c1-5-6-10-18-16(20)14(4)19(13(2)3)12-15-9-7-8-11-17-15/h13-15,17H,5-12H2,1-4H3,(H,18,20). The molecule has 1 aliphatic heterocycles. The van der Waals surface area contributed by atoms with E-state index in [1.54, 1.807) is 0 Å². The van der Waals surface area contributed by atoms with E-state index >= 15 is 0 Å². The van der Waals surface area contributed by atoms with E-state index in [-0.39, 0.29) is 11.9 Å². The number of piperidine rings is 1. The Kier molecular flexibility index (Phi) is 8.15. The van der Waals surface area contributed by atoms with E-state index in [0.717, 1.165) is 32.5 Å². The van der Waals surface area contributed by atoms with Gasteiger partial charge < -0.3 is 10.6 Å². The maximum atomic E-state index is 12.2. The van der Waals surface area contributed by atoms with Crippen molar-refractivity contribution in [2.45, 2.75) is 77.9 Å². The number of nitrogens with zero attached hydrogens (tertiary/aromatic N) is 1. The maximum absolute atomic E-state index is 12.2. The molecule has 1 heterocycles. The Balaban J connectivity index is 2.48. The van der Waals surface area contributed by atoms with Crippen molar-refractivity contribution in [2.75, 3.05) is 19.6 Å². The second-order valence-corrected chi connectivity index (χ2v) is 6.26. The van der Waals surface area contributed by atoms with Crippen LogP contribution in [0.5, 0.6) is 0 Å². The van der Waals surface area contributed by atoms with Crippen LogP contribution in [0.25, 0.3) is 0 Å². The fourth-order valence-electron chi connectivity index (χ4n) is 2.84. The highest BCUT2D eigenvalue weighted by Crippen LogP contribution is 2.13. The van der Waals surface area contributed by atoms with Crippen molar-refractivity contribution in [3.8, 4) is 0 Å².